The molecule has 0 radical (unpaired) electrons. The number of likely N-dealkylation sites (tertiary alicyclic amines) is 1. The number of nitrogens with zero attached hydrogens (tertiary/aromatic N) is 2. The van der Waals surface area contributed by atoms with Gasteiger partial charge in [0, 0.05) is 36.3 Å². The number of aliphatic carboxylic acids is 2. The van der Waals surface area contributed by atoms with Crippen molar-refractivity contribution in [1.29, 1.82) is 0 Å². The summed E-state index contributed by atoms with van der Waals surface area (Å²) in [6.07, 6.45) is -6.79. The summed E-state index contributed by atoms with van der Waals surface area (Å²) in [6, 6.07) is 14.9. The van der Waals surface area contributed by atoms with E-state index in [-0.39, 0.29) is 0 Å². The molecule has 38 heavy (non-hydrogen) atoms. The molecule has 7 nitrogen and oxygen atoms in total. The molecular formula is C24H26F6N2O5S. The quantitative estimate of drug-likeness (QED) is 0.490. The number of ether oxygens (including phenoxy) is 1. The van der Waals surface area contributed by atoms with E-state index in [0.29, 0.717) is 17.5 Å². The molecule has 1 unspecified atom stereocenters. The lowest BCUT2D eigenvalue weighted by atomic mass is 9.92. The monoisotopic (exact) mass is 568 g/mol. The molecule has 0 amide bonds. The van der Waals surface area contributed by atoms with Crippen molar-refractivity contribution >= 4 is 23.7 Å². The number of thioether (sulfide) groups is 1. The Morgan fingerprint density at radius 3 is 2.16 bits per heavy atom. The molecule has 1 aromatic carbocycles. The first kappa shape index (κ1) is 31.4. The summed E-state index contributed by atoms with van der Waals surface area (Å²) < 4.78 is 70.0. The van der Waals surface area contributed by atoms with Crippen molar-refractivity contribution < 1.29 is 50.9 Å². The zero-order valence-electron chi connectivity index (χ0n) is 20.1. The Hall–Kier alpha value is -2.84. The Labute approximate surface area is 218 Å². The molecule has 2 aliphatic rings. The lowest BCUT2D eigenvalue weighted by molar-refractivity contribution is -0.193. The van der Waals surface area contributed by atoms with Crippen LogP contribution in [-0.2, 0) is 27.5 Å². The number of carboxylic acids is 2. The molecular weight excluding hydrogens is 542 g/mol. The fourth-order valence-corrected chi connectivity index (χ4v) is 5.37. The van der Waals surface area contributed by atoms with E-state index in [4.69, 9.17) is 24.5 Å². The first-order chi connectivity index (χ1) is 17.6. The number of carboxylic acid groups (broad SMARTS) is 2. The summed E-state index contributed by atoms with van der Waals surface area (Å²) in [5.74, 6) is -4.40. The second-order valence-electron chi connectivity index (χ2n) is 8.69. The summed E-state index contributed by atoms with van der Waals surface area (Å²) in [4.78, 5) is 24.7. The highest BCUT2D eigenvalue weighted by molar-refractivity contribution is 8.01. The Kier molecular flexibility index (Phi) is 11.0. The van der Waals surface area contributed by atoms with Gasteiger partial charge in [0.25, 0.3) is 0 Å². The predicted molar refractivity (Wildman–Crippen MR) is 126 cm³/mol. The first-order valence-electron chi connectivity index (χ1n) is 11.1. The number of halogens is 6. The van der Waals surface area contributed by atoms with Crippen LogP contribution in [0.2, 0.25) is 0 Å². The Morgan fingerprint density at radius 2 is 1.66 bits per heavy atom. The van der Waals surface area contributed by atoms with Crippen LogP contribution in [0.3, 0.4) is 0 Å². The minimum Gasteiger partial charge on any atom is -0.475 e. The summed E-state index contributed by atoms with van der Waals surface area (Å²) >= 11 is 2.11. The number of alkyl halides is 6. The third-order valence-electron chi connectivity index (χ3n) is 5.37. The van der Waals surface area contributed by atoms with E-state index in [9.17, 15) is 26.3 Å². The average molecular weight is 569 g/mol. The zero-order chi connectivity index (χ0) is 28.6. The number of rotatable bonds is 5. The van der Waals surface area contributed by atoms with Crippen molar-refractivity contribution in [2.24, 2.45) is 0 Å². The van der Waals surface area contributed by atoms with Crippen molar-refractivity contribution in [3.63, 3.8) is 0 Å². The van der Waals surface area contributed by atoms with E-state index in [1.165, 1.54) is 30.6 Å². The highest BCUT2D eigenvalue weighted by Crippen LogP contribution is 2.46. The molecule has 0 saturated carbocycles. The third kappa shape index (κ3) is 10.5. The minimum atomic E-state index is -5.08. The number of benzene rings is 1. The molecule has 3 heterocycles. The molecule has 210 valence electrons. The number of pyridine rings is 1. The fraction of sp³-hybridized carbons (Fsp3) is 0.458. The van der Waals surface area contributed by atoms with Gasteiger partial charge in [-0.05, 0) is 31.0 Å². The number of aryl methyl sites for hydroxylation is 1. The van der Waals surface area contributed by atoms with Gasteiger partial charge in [0.15, 0.2) is 0 Å². The van der Waals surface area contributed by atoms with Gasteiger partial charge >= 0.3 is 24.3 Å². The van der Waals surface area contributed by atoms with Crippen LogP contribution >= 0.6 is 11.8 Å². The van der Waals surface area contributed by atoms with Gasteiger partial charge in [-0.3, -0.25) is 9.88 Å². The largest absolute Gasteiger partial charge is 0.490 e. The normalized spacial score (nSPS) is 18.4. The van der Waals surface area contributed by atoms with Gasteiger partial charge in [-0.2, -0.15) is 26.3 Å². The van der Waals surface area contributed by atoms with Crippen LogP contribution in [0.5, 0.6) is 0 Å². The van der Waals surface area contributed by atoms with Crippen LogP contribution in [0.25, 0.3) is 0 Å². The maximum absolute atomic E-state index is 10.6. The van der Waals surface area contributed by atoms with E-state index >= 15 is 0 Å². The Balaban J connectivity index is 0.000000301. The van der Waals surface area contributed by atoms with E-state index in [0.717, 1.165) is 18.0 Å². The van der Waals surface area contributed by atoms with Crippen molar-refractivity contribution in [2.45, 2.75) is 49.7 Å². The second-order valence-corrected chi connectivity index (χ2v) is 10.2. The van der Waals surface area contributed by atoms with Crippen LogP contribution in [0.1, 0.15) is 23.2 Å². The molecule has 2 saturated heterocycles. The minimum absolute atomic E-state index is 0.373. The van der Waals surface area contributed by atoms with Crippen LogP contribution in [0.4, 0.5) is 26.3 Å². The molecule has 14 heteroatoms. The first-order valence-corrected chi connectivity index (χ1v) is 12.1. The van der Waals surface area contributed by atoms with Crippen LogP contribution in [0, 0.1) is 6.92 Å². The number of hydrogen-bond donors (Lipinski definition) is 2. The summed E-state index contributed by atoms with van der Waals surface area (Å²) in [7, 11) is 0. The second kappa shape index (κ2) is 13.3. The molecule has 2 aliphatic heterocycles. The summed E-state index contributed by atoms with van der Waals surface area (Å²) in [5, 5.41) is 14.2. The van der Waals surface area contributed by atoms with Gasteiger partial charge in [0.05, 0.1) is 18.4 Å². The fourth-order valence-electron chi connectivity index (χ4n) is 3.77. The van der Waals surface area contributed by atoms with Gasteiger partial charge in [0.1, 0.15) is 0 Å². The topological polar surface area (TPSA) is 100.0 Å². The van der Waals surface area contributed by atoms with Gasteiger partial charge in [-0.15, -0.1) is 11.8 Å². The maximum atomic E-state index is 10.6. The Bertz CT molecular complexity index is 1040. The third-order valence-corrected chi connectivity index (χ3v) is 6.94. The van der Waals surface area contributed by atoms with E-state index in [2.05, 4.69) is 52.8 Å². The van der Waals surface area contributed by atoms with Gasteiger partial charge in [0.2, 0.25) is 0 Å². The molecule has 2 fully saturated rings. The number of aromatic nitrogens is 1. The molecule has 1 aromatic heterocycles. The van der Waals surface area contributed by atoms with Crippen molar-refractivity contribution in [3.05, 3.63) is 65.5 Å². The van der Waals surface area contributed by atoms with Crippen molar-refractivity contribution in [1.82, 2.24) is 9.88 Å². The average Bonchev–Trinajstić information content (AvgIpc) is 3.22. The highest BCUT2D eigenvalue weighted by Gasteiger charge is 2.49. The molecule has 0 aliphatic carbocycles. The maximum Gasteiger partial charge on any atom is 0.490 e. The standard InChI is InChI=1S/C20H24N2OS.2C2HF3O2/c1-16-5-4-6-17(9-16)11-22-14-20(15-22)10-19(13-24-20)23-12-18-7-2-3-8-21-18;2*3-2(4,5)1(6)7/h2-9,19H,10-15H2,1H3;2*(H,6,7). The lowest BCUT2D eigenvalue weighted by Gasteiger charge is -2.47. The molecule has 1 atom stereocenters. The highest BCUT2D eigenvalue weighted by atomic mass is 32.2. The predicted octanol–water partition coefficient (Wildman–Crippen LogP) is 4.93. The van der Waals surface area contributed by atoms with Gasteiger partial charge in [-0.1, -0.05) is 35.9 Å². The summed E-state index contributed by atoms with van der Waals surface area (Å²) in [5.41, 5.74) is 3.80. The Morgan fingerprint density at radius 1 is 1.05 bits per heavy atom. The molecule has 2 N–H and O–H groups in total. The molecule has 1 spiro atoms. The zero-order valence-corrected chi connectivity index (χ0v) is 20.9. The molecule has 2 aromatic rings. The van der Waals surface area contributed by atoms with Crippen molar-refractivity contribution in [2.75, 3.05) is 18.8 Å². The lowest BCUT2D eigenvalue weighted by Crippen LogP contribution is -2.58. The van der Waals surface area contributed by atoms with Gasteiger partial charge < -0.3 is 14.9 Å². The van der Waals surface area contributed by atoms with Crippen LogP contribution in [0.15, 0.2) is 48.7 Å². The van der Waals surface area contributed by atoms with E-state index in [1.807, 2.05) is 24.4 Å². The molecule has 0 bridgehead atoms. The van der Waals surface area contributed by atoms with Gasteiger partial charge in [-0.25, -0.2) is 9.59 Å². The molecule has 4 rings (SSSR count). The SMILES string of the molecule is Cc1cccc(CN2CC3(CC(OCc4ccccn4)CS3)C2)c1.O=C(O)C(F)(F)F.O=C(O)C(F)(F)F. The van der Waals surface area contributed by atoms with E-state index in [1.54, 1.807) is 0 Å². The number of carbonyl (C=O) groups is 2. The van der Waals surface area contributed by atoms with Crippen LogP contribution < -0.4 is 0 Å². The van der Waals surface area contributed by atoms with E-state index < -0.39 is 24.3 Å². The summed E-state index contributed by atoms with van der Waals surface area (Å²) in [6.45, 7) is 6.25. The van der Waals surface area contributed by atoms with Crippen LogP contribution in [-0.4, -0.2) is 74.1 Å². The number of hydrogen-bond acceptors (Lipinski definition) is 6. The van der Waals surface area contributed by atoms with Crippen molar-refractivity contribution in [3.8, 4) is 0 Å². The smallest absolute Gasteiger partial charge is 0.475 e.